The van der Waals surface area contributed by atoms with E-state index < -0.39 is 18.5 Å². The van der Waals surface area contributed by atoms with Crippen molar-refractivity contribution in [2.24, 2.45) is 5.92 Å². The highest BCUT2D eigenvalue weighted by molar-refractivity contribution is 5.85. The van der Waals surface area contributed by atoms with Crippen molar-refractivity contribution in [3.63, 3.8) is 0 Å². The second-order valence-electron chi connectivity index (χ2n) is 3.81. The van der Waals surface area contributed by atoms with Gasteiger partial charge >= 0.3 is 6.18 Å². The first-order valence-electron chi connectivity index (χ1n) is 5.01. The van der Waals surface area contributed by atoms with Crippen molar-refractivity contribution >= 4 is 18.3 Å². The monoisotopic (exact) mass is 260 g/mol. The summed E-state index contributed by atoms with van der Waals surface area (Å²) in [5.41, 5.74) is 0. The Bertz CT molecular complexity index is 217. The molecule has 1 atom stereocenters. The van der Waals surface area contributed by atoms with Crippen LogP contribution in [0.3, 0.4) is 0 Å². The molecule has 1 aliphatic heterocycles. The number of alkyl halides is 3. The number of carbonyl (C=O) groups is 1. The summed E-state index contributed by atoms with van der Waals surface area (Å²) in [6, 6.07) is 0. The lowest BCUT2D eigenvalue weighted by molar-refractivity contribution is -0.153. The molecule has 0 radical (unpaired) electrons. The average molecular weight is 261 g/mol. The summed E-state index contributed by atoms with van der Waals surface area (Å²) >= 11 is 0. The molecule has 7 heteroatoms. The molecule has 0 aromatic rings. The fourth-order valence-electron chi connectivity index (χ4n) is 1.60. The van der Waals surface area contributed by atoms with Crippen LogP contribution in [0.15, 0.2) is 0 Å². The zero-order valence-electron chi connectivity index (χ0n) is 8.77. The lowest BCUT2D eigenvalue weighted by atomic mass is 10.00. The highest BCUT2D eigenvalue weighted by Crippen LogP contribution is 2.19. The minimum absolute atomic E-state index is 0. The molecular weight excluding hydrogens is 245 g/mol. The average Bonchev–Trinajstić information content (AvgIpc) is 2.14. The molecular formula is C9H16ClF3N2O. The Hall–Kier alpha value is -0.490. The van der Waals surface area contributed by atoms with Gasteiger partial charge in [0.15, 0.2) is 0 Å². The van der Waals surface area contributed by atoms with E-state index in [2.05, 4.69) is 10.6 Å². The molecule has 1 rings (SSSR count). The van der Waals surface area contributed by atoms with Crippen molar-refractivity contribution in [3.8, 4) is 0 Å². The number of amides is 1. The predicted octanol–water partition coefficient (Wildman–Crippen LogP) is 1.48. The van der Waals surface area contributed by atoms with E-state index in [1.54, 1.807) is 0 Å². The normalized spacial score (nSPS) is 21.1. The number of rotatable bonds is 3. The van der Waals surface area contributed by atoms with Crippen molar-refractivity contribution in [3.05, 3.63) is 0 Å². The van der Waals surface area contributed by atoms with Crippen molar-refractivity contribution in [2.45, 2.75) is 25.4 Å². The Kier molecular flexibility index (Phi) is 6.74. The standard InChI is InChI=1S/C9H15F3N2O.ClH/c10-9(11,12)4-8(15)14-6-7-2-1-3-13-5-7;/h7,13H,1-6H2,(H,14,15);1H. The molecule has 0 spiro atoms. The van der Waals surface area contributed by atoms with Crippen LogP contribution in [-0.2, 0) is 4.79 Å². The van der Waals surface area contributed by atoms with Crippen LogP contribution in [0.4, 0.5) is 13.2 Å². The van der Waals surface area contributed by atoms with Gasteiger partial charge in [0.05, 0.1) is 0 Å². The molecule has 1 heterocycles. The lowest BCUT2D eigenvalue weighted by Gasteiger charge is -2.22. The fourth-order valence-corrected chi connectivity index (χ4v) is 1.60. The first kappa shape index (κ1) is 15.5. The number of carbonyl (C=O) groups excluding carboxylic acids is 1. The van der Waals surface area contributed by atoms with Gasteiger partial charge in [0, 0.05) is 6.54 Å². The van der Waals surface area contributed by atoms with Crippen LogP contribution in [0.2, 0.25) is 0 Å². The molecule has 16 heavy (non-hydrogen) atoms. The van der Waals surface area contributed by atoms with Gasteiger partial charge in [0.25, 0.3) is 0 Å². The first-order valence-corrected chi connectivity index (χ1v) is 5.01. The second kappa shape index (κ2) is 6.96. The van der Waals surface area contributed by atoms with Crippen LogP contribution in [-0.4, -0.2) is 31.7 Å². The van der Waals surface area contributed by atoms with Gasteiger partial charge in [-0.3, -0.25) is 4.79 Å². The summed E-state index contributed by atoms with van der Waals surface area (Å²) < 4.78 is 35.4. The maximum Gasteiger partial charge on any atom is 0.397 e. The third-order valence-corrected chi connectivity index (χ3v) is 2.35. The molecule has 0 aromatic heterocycles. The number of nitrogens with one attached hydrogen (secondary N) is 2. The van der Waals surface area contributed by atoms with Gasteiger partial charge in [0.2, 0.25) is 5.91 Å². The summed E-state index contributed by atoms with van der Waals surface area (Å²) in [6.07, 6.45) is -3.82. The zero-order chi connectivity index (χ0) is 11.3. The fraction of sp³-hybridized carbons (Fsp3) is 0.889. The summed E-state index contributed by atoms with van der Waals surface area (Å²) in [5.74, 6) is -0.677. The minimum atomic E-state index is -4.41. The number of halogens is 4. The Morgan fingerprint density at radius 2 is 2.12 bits per heavy atom. The Balaban J connectivity index is 0.00000225. The van der Waals surface area contributed by atoms with Crippen molar-refractivity contribution in [1.29, 1.82) is 0 Å². The van der Waals surface area contributed by atoms with E-state index in [-0.39, 0.29) is 18.3 Å². The van der Waals surface area contributed by atoms with Gasteiger partial charge in [0.1, 0.15) is 6.42 Å². The molecule has 1 saturated heterocycles. The van der Waals surface area contributed by atoms with Crippen molar-refractivity contribution in [1.82, 2.24) is 10.6 Å². The Labute approximate surface area is 98.6 Å². The van der Waals surface area contributed by atoms with Gasteiger partial charge in [-0.1, -0.05) is 0 Å². The number of piperidine rings is 1. The third kappa shape index (κ3) is 6.90. The summed E-state index contributed by atoms with van der Waals surface area (Å²) in [6.45, 7) is 2.06. The highest BCUT2D eigenvalue weighted by atomic mass is 35.5. The smallest absolute Gasteiger partial charge is 0.355 e. The third-order valence-electron chi connectivity index (χ3n) is 2.35. The van der Waals surface area contributed by atoms with Crippen molar-refractivity contribution in [2.75, 3.05) is 19.6 Å². The highest BCUT2D eigenvalue weighted by Gasteiger charge is 2.31. The molecule has 2 N–H and O–H groups in total. The van der Waals surface area contributed by atoms with Crippen molar-refractivity contribution < 1.29 is 18.0 Å². The Morgan fingerprint density at radius 3 is 2.62 bits per heavy atom. The summed E-state index contributed by atoms with van der Waals surface area (Å²) in [5, 5.41) is 5.44. The van der Waals surface area contributed by atoms with Gasteiger partial charge in [-0.25, -0.2) is 0 Å². The van der Waals surface area contributed by atoms with E-state index in [0.717, 1.165) is 25.9 Å². The minimum Gasteiger partial charge on any atom is -0.355 e. The van der Waals surface area contributed by atoms with E-state index in [9.17, 15) is 18.0 Å². The van der Waals surface area contributed by atoms with Crippen LogP contribution in [0.5, 0.6) is 0 Å². The van der Waals surface area contributed by atoms with Crippen LogP contribution >= 0.6 is 12.4 Å². The van der Waals surface area contributed by atoms with Gasteiger partial charge < -0.3 is 10.6 Å². The molecule has 1 amide bonds. The van der Waals surface area contributed by atoms with Gasteiger partial charge in [-0.05, 0) is 31.8 Å². The number of hydrogen-bond acceptors (Lipinski definition) is 2. The van der Waals surface area contributed by atoms with Gasteiger partial charge in [-0.2, -0.15) is 13.2 Å². The second-order valence-corrected chi connectivity index (χ2v) is 3.81. The zero-order valence-corrected chi connectivity index (χ0v) is 9.59. The SMILES string of the molecule is Cl.O=C(CC(F)(F)F)NCC1CCCNC1. The largest absolute Gasteiger partial charge is 0.397 e. The molecule has 96 valence electrons. The van der Waals surface area contributed by atoms with Gasteiger partial charge in [-0.15, -0.1) is 12.4 Å². The summed E-state index contributed by atoms with van der Waals surface area (Å²) in [7, 11) is 0. The lowest BCUT2D eigenvalue weighted by Crippen LogP contribution is -2.39. The molecule has 0 saturated carbocycles. The maximum absolute atomic E-state index is 11.8. The predicted molar refractivity (Wildman–Crippen MR) is 56.5 cm³/mol. The number of hydrogen-bond donors (Lipinski definition) is 2. The van der Waals surface area contributed by atoms with E-state index >= 15 is 0 Å². The Morgan fingerprint density at radius 1 is 1.44 bits per heavy atom. The van der Waals surface area contributed by atoms with Crippen LogP contribution in [0.1, 0.15) is 19.3 Å². The topological polar surface area (TPSA) is 41.1 Å². The van der Waals surface area contributed by atoms with Crippen LogP contribution < -0.4 is 10.6 Å². The summed E-state index contributed by atoms with van der Waals surface area (Å²) in [4.78, 5) is 10.8. The molecule has 1 unspecified atom stereocenters. The maximum atomic E-state index is 11.8. The van der Waals surface area contributed by atoms with E-state index in [0.29, 0.717) is 6.54 Å². The molecule has 0 aromatic carbocycles. The van der Waals surface area contributed by atoms with Crippen LogP contribution in [0.25, 0.3) is 0 Å². The molecule has 0 aliphatic carbocycles. The van der Waals surface area contributed by atoms with E-state index in [1.807, 2.05) is 0 Å². The van der Waals surface area contributed by atoms with E-state index in [1.165, 1.54) is 0 Å². The first-order chi connectivity index (χ1) is 6.97. The molecule has 3 nitrogen and oxygen atoms in total. The molecule has 1 aliphatic rings. The molecule has 0 bridgehead atoms. The molecule has 1 fully saturated rings. The van der Waals surface area contributed by atoms with Crippen LogP contribution in [0, 0.1) is 5.92 Å². The van der Waals surface area contributed by atoms with E-state index in [4.69, 9.17) is 0 Å². The quantitative estimate of drug-likeness (QED) is 0.807.